The highest BCUT2D eigenvalue weighted by Crippen LogP contribution is 2.25. The number of ether oxygens (including phenoxy) is 1. The van der Waals surface area contributed by atoms with Crippen LogP contribution in [0.25, 0.3) is 0 Å². The number of nitrogens with zero attached hydrogens (tertiary/aromatic N) is 3. The molecule has 30 heavy (non-hydrogen) atoms. The van der Waals surface area contributed by atoms with Crippen molar-refractivity contribution in [2.24, 2.45) is 0 Å². The zero-order chi connectivity index (χ0) is 21.1. The predicted octanol–water partition coefficient (Wildman–Crippen LogP) is 3.84. The van der Waals surface area contributed by atoms with Crippen LogP contribution >= 0.6 is 11.3 Å². The fraction of sp³-hybridized carbons (Fsp3) is 0.273. The zero-order valence-corrected chi connectivity index (χ0v) is 17.4. The van der Waals surface area contributed by atoms with E-state index in [9.17, 15) is 14.3 Å². The van der Waals surface area contributed by atoms with Gasteiger partial charge in [0.1, 0.15) is 33.8 Å². The number of aryl methyl sites for hydroxylation is 1. The Bertz CT molecular complexity index is 1030. The Kier molecular flexibility index (Phi) is 5.85. The molecule has 8 heteroatoms. The molecule has 1 amide bonds. The number of halogens is 1. The molecule has 0 atom stereocenters. The first-order valence-electron chi connectivity index (χ1n) is 9.67. The number of amides is 1. The maximum absolute atomic E-state index is 13.0. The number of hydrogen-bond donors (Lipinski definition) is 1. The Morgan fingerprint density at radius 3 is 2.60 bits per heavy atom. The number of carbonyl (C=O) groups is 1. The van der Waals surface area contributed by atoms with Crippen molar-refractivity contribution < 1.29 is 19.0 Å². The van der Waals surface area contributed by atoms with Crippen LogP contribution in [0.15, 0.2) is 48.5 Å². The van der Waals surface area contributed by atoms with Gasteiger partial charge in [-0.1, -0.05) is 6.07 Å². The molecule has 4 rings (SSSR count). The van der Waals surface area contributed by atoms with E-state index in [-0.39, 0.29) is 24.1 Å². The van der Waals surface area contributed by atoms with Crippen LogP contribution in [-0.4, -0.2) is 47.1 Å². The molecular formula is C22H22FN3O3S. The molecular weight excluding hydrogens is 405 g/mol. The van der Waals surface area contributed by atoms with Crippen molar-refractivity contribution in [3.05, 3.63) is 69.9 Å². The van der Waals surface area contributed by atoms with Crippen LogP contribution in [0.1, 0.15) is 20.4 Å². The molecule has 1 aromatic heterocycles. The second-order valence-corrected chi connectivity index (χ2v) is 8.15. The summed E-state index contributed by atoms with van der Waals surface area (Å²) in [5.74, 6) is 0.458. The normalized spacial score (nSPS) is 14.1. The molecule has 6 nitrogen and oxygen atoms in total. The molecule has 2 aromatic carbocycles. The van der Waals surface area contributed by atoms with Gasteiger partial charge in [0.15, 0.2) is 0 Å². The zero-order valence-electron chi connectivity index (χ0n) is 16.5. The van der Waals surface area contributed by atoms with Crippen LogP contribution in [-0.2, 0) is 6.61 Å². The van der Waals surface area contributed by atoms with Crippen LogP contribution in [0.3, 0.4) is 0 Å². The molecule has 0 saturated carbocycles. The third kappa shape index (κ3) is 4.54. The van der Waals surface area contributed by atoms with Crippen molar-refractivity contribution in [2.75, 3.05) is 31.1 Å². The number of phenols is 1. The summed E-state index contributed by atoms with van der Waals surface area (Å²) in [7, 11) is 0. The van der Waals surface area contributed by atoms with E-state index in [1.54, 1.807) is 24.3 Å². The van der Waals surface area contributed by atoms with E-state index in [1.165, 1.54) is 23.5 Å². The van der Waals surface area contributed by atoms with E-state index in [2.05, 4.69) is 9.88 Å². The summed E-state index contributed by atoms with van der Waals surface area (Å²) in [4.78, 5) is 22.1. The minimum Gasteiger partial charge on any atom is -0.508 e. The lowest BCUT2D eigenvalue weighted by atomic mass is 10.2. The van der Waals surface area contributed by atoms with Gasteiger partial charge in [0.05, 0.1) is 5.69 Å². The minimum absolute atomic E-state index is 0.0198. The average Bonchev–Trinajstić information content (AvgIpc) is 3.13. The van der Waals surface area contributed by atoms with Crippen LogP contribution in [0.4, 0.5) is 10.1 Å². The lowest BCUT2D eigenvalue weighted by Crippen LogP contribution is -2.48. The highest BCUT2D eigenvalue weighted by atomic mass is 32.1. The Labute approximate surface area is 178 Å². The van der Waals surface area contributed by atoms with Gasteiger partial charge in [-0.3, -0.25) is 4.79 Å². The number of phenolic OH excluding ortho intramolecular Hbond substituents is 1. The summed E-state index contributed by atoms with van der Waals surface area (Å²) < 4.78 is 18.6. The van der Waals surface area contributed by atoms with Crippen LogP contribution < -0.4 is 9.64 Å². The smallest absolute Gasteiger partial charge is 0.265 e. The van der Waals surface area contributed by atoms with Crippen LogP contribution in [0.5, 0.6) is 11.5 Å². The number of aromatic nitrogens is 1. The maximum Gasteiger partial charge on any atom is 0.265 e. The minimum atomic E-state index is -0.315. The maximum atomic E-state index is 13.0. The molecule has 1 saturated heterocycles. The van der Waals surface area contributed by atoms with Crippen molar-refractivity contribution in [1.29, 1.82) is 0 Å². The molecule has 1 fully saturated rings. The number of rotatable bonds is 5. The molecule has 1 N–H and O–H groups in total. The number of carbonyl (C=O) groups excluding carboxylic acids is 1. The molecule has 3 aromatic rings. The molecule has 0 aliphatic carbocycles. The van der Waals surface area contributed by atoms with E-state index in [0.29, 0.717) is 47.5 Å². The summed E-state index contributed by atoms with van der Waals surface area (Å²) in [6.45, 7) is 4.67. The molecule has 2 heterocycles. The Morgan fingerprint density at radius 2 is 1.90 bits per heavy atom. The van der Waals surface area contributed by atoms with Gasteiger partial charge in [-0.25, -0.2) is 9.37 Å². The number of hydrogen-bond acceptors (Lipinski definition) is 6. The summed E-state index contributed by atoms with van der Waals surface area (Å²) >= 11 is 1.33. The van der Waals surface area contributed by atoms with E-state index in [0.717, 1.165) is 5.69 Å². The first kappa shape index (κ1) is 20.2. The molecule has 156 valence electrons. The Hall–Kier alpha value is -3.13. The summed E-state index contributed by atoms with van der Waals surface area (Å²) in [5.41, 5.74) is 1.65. The van der Waals surface area contributed by atoms with Crippen molar-refractivity contribution in [1.82, 2.24) is 9.88 Å². The molecule has 0 radical (unpaired) electrons. The van der Waals surface area contributed by atoms with E-state index >= 15 is 0 Å². The number of benzene rings is 2. The van der Waals surface area contributed by atoms with Crippen molar-refractivity contribution in [3.63, 3.8) is 0 Å². The van der Waals surface area contributed by atoms with Gasteiger partial charge in [-0.15, -0.1) is 11.3 Å². The molecule has 1 aliphatic heterocycles. The fourth-order valence-electron chi connectivity index (χ4n) is 3.39. The van der Waals surface area contributed by atoms with Crippen molar-refractivity contribution in [3.8, 4) is 11.5 Å². The largest absolute Gasteiger partial charge is 0.508 e. The first-order chi connectivity index (χ1) is 14.5. The predicted molar refractivity (Wildman–Crippen MR) is 114 cm³/mol. The van der Waals surface area contributed by atoms with Gasteiger partial charge in [-0.05, 0) is 43.3 Å². The number of thiazole rings is 1. The summed E-state index contributed by atoms with van der Waals surface area (Å²) in [6.07, 6.45) is 0. The highest BCUT2D eigenvalue weighted by Gasteiger charge is 2.25. The van der Waals surface area contributed by atoms with Gasteiger partial charge < -0.3 is 19.6 Å². The van der Waals surface area contributed by atoms with E-state index < -0.39 is 0 Å². The standard InChI is InChI=1S/C22H22FN3O3S/c1-15-21(30-20(24-15)14-29-19-7-5-16(23)6-8-19)22(28)26-11-9-25(10-12-26)17-3-2-4-18(27)13-17/h2-8,13,27H,9-12,14H2,1H3. The topological polar surface area (TPSA) is 65.9 Å². The monoisotopic (exact) mass is 427 g/mol. The van der Waals surface area contributed by atoms with Gasteiger partial charge in [-0.2, -0.15) is 0 Å². The number of piperazine rings is 1. The van der Waals surface area contributed by atoms with Gasteiger partial charge in [0, 0.05) is 37.9 Å². The lowest BCUT2D eigenvalue weighted by Gasteiger charge is -2.36. The second-order valence-electron chi connectivity index (χ2n) is 7.06. The number of aromatic hydroxyl groups is 1. The average molecular weight is 428 g/mol. The van der Waals surface area contributed by atoms with Gasteiger partial charge >= 0.3 is 0 Å². The fourth-order valence-corrected chi connectivity index (χ4v) is 4.34. The van der Waals surface area contributed by atoms with E-state index in [1.807, 2.05) is 24.0 Å². The molecule has 1 aliphatic rings. The summed E-state index contributed by atoms with van der Waals surface area (Å²) in [5, 5.41) is 10.4. The van der Waals surface area contributed by atoms with E-state index in [4.69, 9.17) is 4.74 Å². The SMILES string of the molecule is Cc1nc(COc2ccc(F)cc2)sc1C(=O)N1CCN(c2cccc(O)c2)CC1. The quantitative estimate of drug-likeness (QED) is 0.670. The Morgan fingerprint density at radius 1 is 1.17 bits per heavy atom. The van der Waals surface area contributed by atoms with Crippen LogP contribution in [0, 0.1) is 12.7 Å². The Balaban J connectivity index is 1.36. The third-order valence-electron chi connectivity index (χ3n) is 4.97. The second kappa shape index (κ2) is 8.71. The van der Waals surface area contributed by atoms with Gasteiger partial charge in [0.2, 0.25) is 0 Å². The van der Waals surface area contributed by atoms with Gasteiger partial charge in [0.25, 0.3) is 5.91 Å². The van der Waals surface area contributed by atoms with Crippen molar-refractivity contribution in [2.45, 2.75) is 13.5 Å². The summed E-state index contributed by atoms with van der Waals surface area (Å²) in [6, 6.07) is 13.0. The highest BCUT2D eigenvalue weighted by molar-refractivity contribution is 7.13. The van der Waals surface area contributed by atoms with Crippen molar-refractivity contribution >= 4 is 22.9 Å². The first-order valence-corrected chi connectivity index (χ1v) is 10.5. The number of anilines is 1. The molecule has 0 unspecified atom stereocenters. The molecule has 0 spiro atoms. The lowest BCUT2D eigenvalue weighted by molar-refractivity contribution is 0.0750. The van der Waals surface area contributed by atoms with Crippen LogP contribution in [0.2, 0.25) is 0 Å². The third-order valence-corrected chi connectivity index (χ3v) is 6.09. The molecule has 0 bridgehead atoms.